The summed E-state index contributed by atoms with van der Waals surface area (Å²) < 4.78 is 17.1. The number of anilines is 1. The van der Waals surface area contributed by atoms with E-state index >= 15 is 0 Å². The number of carbonyl (C=O) groups is 3. The summed E-state index contributed by atoms with van der Waals surface area (Å²) in [6, 6.07) is 8.92. The lowest BCUT2D eigenvalue weighted by Gasteiger charge is -2.36. The highest BCUT2D eigenvalue weighted by atomic mass is 31.2. The second kappa shape index (κ2) is 14.0. The highest BCUT2D eigenvalue weighted by molar-refractivity contribution is 7.51. The topological polar surface area (TPSA) is 174 Å². The van der Waals surface area contributed by atoms with Crippen LogP contribution in [0, 0.1) is 0 Å². The zero-order chi connectivity index (χ0) is 28.4. The summed E-state index contributed by atoms with van der Waals surface area (Å²) in [6.07, 6.45) is 0.294. The zero-order valence-electron chi connectivity index (χ0n) is 22.1. The summed E-state index contributed by atoms with van der Waals surface area (Å²) in [4.78, 5) is 69.5. The van der Waals surface area contributed by atoms with Crippen LogP contribution in [0.1, 0.15) is 37.2 Å². The molecule has 13 nitrogen and oxygen atoms in total. The van der Waals surface area contributed by atoms with E-state index in [0.717, 1.165) is 12.8 Å². The average molecular weight is 563 g/mol. The van der Waals surface area contributed by atoms with Crippen LogP contribution in [0.5, 0.6) is 0 Å². The summed E-state index contributed by atoms with van der Waals surface area (Å²) in [7, 11) is -4.69. The molecule has 2 heterocycles. The molecule has 1 aromatic heterocycles. The van der Waals surface area contributed by atoms with E-state index in [1.54, 1.807) is 24.3 Å². The van der Waals surface area contributed by atoms with Crippen molar-refractivity contribution < 1.29 is 33.5 Å². The third kappa shape index (κ3) is 9.02. The molecule has 0 spiro atoms. The van der Waals surface area contributed by atoms with Crippen molar-refractivity contribution in [3.05, 3.63) is 42.1 Å². The number of piperazine rings is 1. The van der Waals surface area contributed by atoms with Gasteiger partial charge in [-0.2, -0.15) is 0 Å². The van der Waals surface area contributed by atoms with Crippen LogP contribution in [0.3, 0.4) is 0 Å². The molecule has 0 aliphatic carbocycles. The van der Waals surface area contributed by atoms with E-state index in [9.17, 15) is 28.7 Å². The fourth-order valence-electron chi connectivity index (χ4n) is 3.93. The van der Waals surface area contributed by atoms with Gasteiger partial charge >= 0.3 is 13.7 Å². The van der Waals surface area contributed by atoms with Gasteiger partial charge in [-0.15, -0.1) is 0 Å². The molecule has 2 aromatic rings. The maximum atomic E-state index is 13.3. The first-order valence-corrected chi connectivity index (χ1v) is 14.6. The van der Waals surface area contributed by atoms with Crippen molar-refractivity contribution in [1.82, 2.24) is 25.1 Å². The number of hydrogen-bond donors (Lipinski definition) is 4. The zero-order valence-corrected chi connectivity index (χ0v) is 23.0. The SMILES string of the molecule is CCCCOC(=O)N1CCN(C(=O)[C@H](CP(=O)(O)O)NC(=O)c2cc(NCC)nc(-c3ccccc3)n2)CC1. The first kappa shape index (κ1) is 30.0. The molecule has 1 atom stereocenters. The predicted molar refractivity (Wildman–Crippen MR) is 144 cm³/mol. The number of rotatable bonds is 11. The minimum atomic E-state index is -4.69. The van der Waals surface area contributed by atoms with E-state index in [1.807, 2.05) is 19.9 Å². The number of benzene rings is 1. The number of nitrogens with one attached hydrogen (secondary N) is 2. The number of unbranched alkanes of at least 4 members (excludes halogenated alkanes) is 1. The van der Waals surface area contributed by atoms with Crippen LogP contribution in [0.25, 0.3) is 11.4 Å². The summed E-state index contributed by atoms with van der Waals surface area (Å²) in [5.41, 5.74) is 0.600. The molecule has 4 N–H and O–H groups in total. The van der Waals surface area contributed by atoms with E-state index < -0.39 is 37.7 Å². The highest BCUT2D eigenvalue weighted by Gasteiger charge is 2.35. The van der Waals surface area contributed by atoms with Crippen LogP contribution in [-0.4, -0.2) is 99.0 Å². The molecule has 1 aliphatic rings. The van der Waals surface area contributed by atoms with Crippen molar-refractivity contribution in [3.63, 3.8) is 0 Å². The van der Waals surface area contributed by atoms with E-state index in [2.05, 4.69) is 20.6 Å². The van der Waals surface area contributed by atoms with Crippen LogP contribution in [-0.2, 0) is 14.1 Å². The molecule has 0 saturated carbocycles. The van der Waals surface area contributed by atoms with E-state index in [-0.39, 0.29) is 37.7 Å². The molecule has 1 saturated heterocycles. The van der Waals surface area contributed by atoms with E-state index in [4.69, 9.17) is 4.74 Å². The quantitative estimate of drug-likeness (QED) is 0.234. The molecule has 3 amide bonds. The Morgan fingerprint density at radius 1 is 1.05 bits per heavy atom. The Morgan fingerprint density at radius 3 is 2.33 bits per heavy atom. The van der Waals surface area contributed by atoms with Crippen LogP contribution in [0.2, 0.25) is 0 Å². The van der Waals surface area contributed by atoms with Gasteiger partial charge in [0.1, 0.15) is 17.6 Å². The number of ether oxygens (including phenoxy) is 1. The van der Waals surface area contributed by atoms with Crippen molar-refractivity contribution in [2.75, 3.05) is 50.8 Å². The van der Waals surface area contributed by atoms with Gasteiger partial charge < -0.3 is 35.0 Å². The first-order chi connectivity index (χ1) is 18.6. The Morgan fingerprint density at radius 2 is 1.72 bits per heavy atom. The van der Waals surface area contributed by atoms with Crippen LogP contribution >= 0.6 is 7.60 Å². The second-order valence-electron chi connectivity index (χ2n) is 9.01. The maximum Gasteiger partial charge on any atom is 0.409 e. The van der Waals surface area contributed by atoms with Crippen molar-refractivity contribution in [2.24, 2.45) is 0 Å². The van der Waals surface area contributed by atoms with Gasteiger partial charge in [0.25, 0.3) is 5.91 Å². The molecule has 14 heteroatoms. The normalized spacial score (nSPS) is 14.5. The van der Waals surface area contributed by atoms with E-state index in [1.165, 1.54) is 15.9 Å². The molecule has 1 fully saturated rings. The number of hydrogen-bond acceptors (Lipinski definition) is 8. The number of amides is 3. The fourth-order valence-corrected chi connectivity index (χ4v) is 4.66. The van der Waals surface area contributed by atoms with Crippen LogP contribution in [0.15, 0.2) is 36.4 Å². The molecule has 1 aliphatic heterocycles. The molecule has 0 radical (unpaired) electrons. The van der Waals surface area contributed by atoms with Gasteiger partial charge in [0.05, 0.1) is 12.8 Å². The number of nitrogens with zero attached hydrogens (tertiary/aromatic N) is 4. The first-order valence-electron chi connectivity index (χ1n) is 12.9. The molecular weight excluding hydrogens is 527 g/mol. The summed E-state index contributed by atoms with van der Waals surface area (Å²) in [5, 5.41) is 5.49. The van der Waals surface area contributed by atoms with E-state index in [0.29, 0.717) is 24.5 Å². The molecule has 39 heavy (non-hydrogen) atoms. The van der Waals surface area contributed by atoms with Gasteiger partial charge in [0, 0.05) is 44.4 Å². The van der Waals surface area contributed by atoms with Gasteiger partial charge in [-0.3, -0.25) is 14.2 Å². The molecule has 0 bridgehead atoms. The molecular formula is C25H35N6O7P. The predicted octanol–water partition coefficient (Wildman–Crippen LogP) is 1.93. The van der Waals surface area contributed by atoms with Gasteiger partial charge in [-0.1, -0.05) is 43.7 Å². The Kier molecular flexibility index (Phi) is 10.8. The molecule has 1 aromatic carbocycles. The van der Waals surface area contributed by atoms with Crippen molar-refractivity contribution >= 4 is 31.3 Å². The van der Waals surface area contributed by atoms with Gasteiger partial charge in [0.2, 0.25) is 5.91 Å². The largest absolute Gasteiger partial charge is 0.449 e. The fraction of sp³-hybridized carbons (Fsp3) is 0.480. The summed E-state index contributed by atoms with van der Waals surface area (Å²) >= 11 is 0. The average Bonchev–Trinajstić information content (AvgIpc) is 2.92. The second-order valence-corrected chi connectivity index (χ2v) is 10.7. The Labute approximate surface area is 227 Å². The van der Waals surface area contributed by atoms with Crippen LogP contribution in [0.4, 0.5) is 10.6 Å². The lowest BCUT2D eigenvalue weighted by Crippen LogP contribution is -2.56. The van der Waals surface area contributed by atoms with Crippen molar-refractivity contribution in [3.8, 4) is 11.4 Å². The standard InChI is InChI=1S/C25H35N6O7P/c1-3-5-15-38-25(34)31-13-11-30(12-14-31)24(33)20(17-39(35,36)37)28-23(32)19-16-21(26-4-2)29-22(27-19)18-9-7-6-8-10-18/h6-10,16,20H,3-5,11-15,17H2,1-2H3,(H,28,32)(H,26,27,29)(H2,35,36,37)/t20-/m0/s1. The number of carbonyl (C=O) groups excluding carboxylic acids is 3. The lowest BCUT2D eigenvalue weighted by molar-refractivity contribution is -0.134. The third-order valence-electron chi connectivity index (χ3n) is 5.95. The Bertz CT molecular complexity index is 1180. The Hall–Kier alpha value is -3.54. The summed E-state index contributed by atoms with van der Waals surface area (Å²) in [6.45, 7) is 5.36. The summed E-state index contributed by atoms with van der Waals surface area (Å²) in [5.74, 6) is -0.774. The monoisotopic (exact) mass is 562 g/mol. The minimum Gasteiger partial charge on any atom is -0.449 e. The van der Waals surface area contributed by atoms with Gasteiger partial charge in [-0.05, 0) is 13.3 Å². The van der Waals surface area contributed by atoms with Crippen molar-refractivity contribution in [2.45, 2.75) is 32.7 Å². The smallest absolute Gasteiger partial charge is 0.409 e. The van der Waals surface area contributed by atoms with Gasteiger partial charge in [-0.25, -0.2) is 14.8 Å². The number of aromatic nitrogens is 2. The van der Waals surface area contributed by atoms with Gasteiger partial charge in [0.15, 0.2) is 5.82 Å². The highest BCUT2D eigenvalue weighted by Crippen LogP contribution is 2.35. The maximum absolute atomic E-state index is 13.3. The lowest BCUT2D eigenvalue weighted by atomic mass is 10.2. The Balaban J connectivity index is 1.75. The third-order valence-corrected chi connectivity index (χ3v) is 6.79. The minimum absolute atomic E-state index is 0.0667. The molecule has 0 unspecified atom stereocenters. The van der Waals surface area contributed by atoms with Crippen LogP contribution < -0.4 is 10.6 Å². The molecule has 212 valence electrons. The molecule has 3 rings (SSSR count). The van der Waals surface area contributed by atoms with Crippen molar-refractivity contribution in [1.29, 1.82) is 0 Å².